The van der Waals surface area contributed by atoms with Crippen LogP contribution in [0.15, 0.2) is 34.0 Å². The fourth-order valence-corrected chi connectivity index (χ4v) is 3.47. The molecular weight excluding hydrogens is 258 g/mol. The SMILES string of the molecule is Cc1csc(SCCc2ccccc2Cl)n1. The zero-order valence-electron chi connectivity index (χ0n) is 8.94. The number of rotatable bonds is 4. The zero-order valence-corrected chi connectivity index (χ0v) is 11.3. The maximum absolute atomic E-state index is 6.09. The lowest BCUT2D eigenvalue weighted by Crippen LogP contribution is -1.89. The molecule has 0 N–H and O–H groups in total. The molecular formula is C12H12ClNS2. The quantitative estimate of drug-likeness (QED) is 0.761. The van der Waals surface area contributed by atoms with Crippen LogP contribution in [0.2, 0.25) is 5.02 Å². The van der Waals surface area contributed by atoms with Gasteiger partial charge in [-0.15, -0.1) is 11.3 Å². The van der Waals surface area contributed by atoms with Gasteiger partial charge in [-0.25, -0.2) is 4.98 Å². The van der Waals surface area contributed by atoms with E-state index in [1.54, 1.807) is 23.1 Å². The first-order valence-corrected chi connectivity index (χ1v) is 7.28. The van der Waals surface area contributed by atoms with Crippen LogP contribution in [-0.4, -0.2) is 10.7 Å². The van der Waals surface area contributed by atoms with E-state index in [1.807, 2.05) is 25.1 Å². The number of hydrogen-bond acceptors (Lipinski definition) is 3. The average molecular weight is 270 g/mol. The van der Waals surface area contributed by atoms with Crippen molar-refractivity contribution in [2.45, 2.75) is 17.7 Å². The zero-order chi connectivity index (χ0) is 11.4. The second kappa shape index (κ2) is 5.71. The van der Waals surface area contributed by atoms with E-state index in [0.29, 0.717) is 0 Å². The molecule has 0 saturated heterocycles. The average Bonchev–Trinajstić information content (AvgIpc) is 2.67. The molecule has 0 aliphatic carbocycles. The Kier molecular flexibility index (Phi) is 4.27. The lowest BCUT2D eigenvalue weighted by Gasteiger charge is -2.02. The van der Waals surface area contributed by atoms with E-state index < -0.39 is 0 Å². The predicted molar refractivity (Wildman–Crippen MR) is 72.7 cm³/mol. The number of nitrogens with zero attached hydrogens (tertiary/aromatic N) is 1. The van der Waals surface area contributed by atoms with Crippen molar-refractivity contribution in [3.63, 3.8) is 0 Å². The minimum absolute atomic E-state index is 0.860. The van der Waals surface area contributed by atoms with Gasteiger partial charge in [-0.2, -0.15) is 0 Å². The first-order valence-electron chi connectivity index (χ1n) is 5.04. The summed E-state index contributed by atoms with van der Waals surface area (Å²) in [6, 6.07) is 8.01. The molecule has 0 aliphatic heterocycles. The molecule has 0 aliphatic rings. The van der Waals surface area contributed by atoms with Gasteiger partial charge in [0, 0.05) is 21.8 Å². The summed E-state index contributed by atoms with van der Waals surface area (Å²) in [6.07, 6.45) is 0.989. The van der Waals surface area contributed by atoms with Crippen molar-refractivity contribution in [2.75, 3.05) is 5.75 Å². The van der Waals surface area contributed by atoms with Crippen LogP contribution in [0.1, 0.15) is 11.3 Å². The third-order valence-corrected chi connectivity index (χ3v) is 4.66. The summed E-state index contributed by atoms with van der Waals surface area (Å²) < 4.78 is 1.14. The van der Waals surface area contributed by atoms with Crippen molar-refractivity contribution in [1.29, 1.82) is 0 Å². The molecule has 1 heterocycles. The van der Waals surface area contributed by atoms with Crippen LogP contribution in [0.4, 0.5) is 0 Å². The third kappa shape index (κ3) is 3.24. The number of thioether (sulfide) groups is 1. The predicted octanol–water partition coefficient (Wildman–Crippen LogP) is 4.44. The molecule has 1 nitrogen and oxygen atoms in total. The topological polar surface area (TPSA) is 12.9 Å². The number of benzene rings is 1. The van der Waals surface area contributed by atoms with Crippen molar-refractivity contribution in [3.05, 3.63) is 45.9 Å². The molecule has 0 unspecified atom stereocenters. The Labute approximate surface area is 109 Å². The van der Waals surface area contributed by atoms with Crippen molar-refractivity contribution < 1.29 is 0 Å². The monoisotopic (exact) mass is 269 g/mol. The number of aromatic nitrogens is 1. The van der Waals surface area contributed by atoms with Gasteiger partial charge in [0.15, 0.2) is 0 Å². The van der Waals surface area contributed by atoms with Gasteiger partial charge in [0.2, 0.25) is 0 Å². The van der Waals surface area contributed by atoms with E-state index in [2.05, 4.69) is 16.4 Å². The van der Waals surface area contributed by atoms with Gasteiger partial charge in [-0.1, -0.05) is 41.6 Å². The number of hydrogen-bond donors (Lipinski definition) is 0. The summed E-state index contributed by atoms with van der Waals surface area (Å²) in [6.45, 7) is 2.02. The minimum atomic E-state index is 0.860. The first-order chi connectivity index (χ1) is 7.75. The molecule has 0 atom stereocenters. The molecule has 1 aromatic carbocycles. The maximum Gasteiger partial charge on any atom is 0.150 e. The first kappa shape index (κ1) is 12.0. The van der Waals surface area contributed by atoms with E-state index >= 15 is 0 Å². The second-order valence-electron chi connectivity index (χ2n) is 3.44. The van der Waals surface area contributed by atoms with E-state index in [0.717, 1.165) is 27.2 Å². The molecule has 0 fully saturated rings. The molecule has 4 heteroatoms. The Balaban J connectivity index is 1.87. The summed E-state index contributed by atoms with van der Waals surface area (Å²) in [5.74, 6) is 1.02. The Hall–Kier alpha value is -0.510. The van der Waals surface area contributed by atoms with Gasteiger partial charge in [-0.05, 0) is 25.0 Å². The van der Waals surface area contributed by atoms with Gasteiger partial charge in [0.05, 0.1) is 0 Å². The Morgan fingerprint density at radius 1 is 1.38 bits per heavy atom. The van der Waals surface area contributed by atoms with Crippen molar-refractivity contribution in [1.82, 2.24) is 4.98 Å². The summed E-state index contributed by atoms with van der Waals surface area (Å²) in [4.78, 5) is 4.41. The molecule has 0 saturated carbocycles. The Bertz CT molecular complexity index is 468. The summed E-state index contributed by atoms with van der Waals surface area (Å²) in [7, 11) is 0. The molecule has 2 rings (SSSR count). The normalized spacial score (nSPS) is 10.6. The van der Waals surface area contributed by atoms with E-state index in [-0.39, 0.29) is 0 Å². The Morgan fingerprint density at radius 2 is 2.19 bits per heavy atom. The lowest BCUT2D eigenvalue weighted by atomic mass is 10.2. The van der Waals surface area contributed by atoms with Crippen molar-refractivity contribution in [2.24, 2.45) is 0 Å². The van der Waals surface area contributed by atoms with Crippen LogP contribution in [-0.2, 0) is 6.42 Å². The molecule has 0 spiro atoms. The highest BCUT2D eigenvalue weighted by atomic mass is 35.5. The van der Waals surface area contributed by atoms with E-state index in [1.165, 1.54) is 5.56 Å². The van der Waals surface area contributed by atoms with Crippen molar-refractivity contribution in [3.8, 4) is 0 Å². The van der Waals surface area contributed by atoms with Crippen LogP contribution in [0.25, 0.3) is 0 Å². The molecule has 0 bridgehead atoms. The molecule has 0 amide bonds. The van der Waals surface area contributed by atoms with Crippen LogP contribution in [0.5, 0.6) is 0 Å². The summed E-state index contributed by atoms with van der Waals surface area (Å²) in [5, 5.41) is 2.94. The van der Waals surface area contributed by atoms with Gasteiger partial charge < -0.3 is 0 Å². The van der Waals surface area contributed by atoms with Crippen LogP contribution >= 0.6 is 34.7 Å². The number of thiazole rings is 1. The van der Waals surface area contributed by atoms with Gasteiger partial charge >= 0.3 is 0 Å². The fraction of sp³-hybridized carbons (Fsp3) is 0.250. The molecule has 16 heavy (non-hydrogen) atoms. The Morgan fingerprint density at radius 3 is 2.88 bits per heavy atom. The highest BCUT2D eigenvalue weighted by Gasteiger charge is 2.02. The minimum Gasteiger partial charge on any atom is -0.235 e. The van der Waals surface area contributed by atoms with Gasteiger partial charge in [0.1, 0.15) is 4.34 Å². The van der Waals surface area contributed by atoms with Gasteiger partial charge in [-0.3, -0.25) is 0 Å². The fourth-order valence-electron chi connectivity index (χ4n) is 1.35. The molecule has 2 aromatic rings. The standard InChI is InChI=1S/C12H12ClNS2/c1-9-8-16-12(14-9)15-7-6-10-4-2-3-5-11(10)13/h2-5,8H,6-7H2,1H3. The highest BCUT2D eigenvalue weighted by Crippen LogP contribution is 2.24. The third-order valence-electron chi connectivity index (χ3n) is 2.15. The van der Waals surface area contributed by atoms with Crippen LogP contribution in [0, 0.1) is 6.92 Å². The summed E-state index contributed by atoms with van der Waals surface area (Å²) >= 11 is 9.59. The second-order valence-corrected chi connectivity index (χ2v) is 6.05. The van der Waals surface area contributed by atoms with Crippen LogP contribution in [0.3, 0.4) is 0 Å². The van der Waals surface area contributed by atoms with E-state index in [9.17, 15) is 0 Å². The largest absolute Gasteiger partial charge is 0.235 e. The number of halogens is 1. The molecule has 0 radical (unpaired) electrons. The maximum atomic E-state index is 6.09. The molecule has 84 valence electrons. The molecule has 1 aromatic heterocycles. The highest BCUT2D eigenvalue weighted by molar-refractivity contribution is 8.01. The number of aryl methyl sites for hydroxylation is 2. The van der Waals surface area contributed by atoms with Gasteiger partial charge in [0.25, 0.3) is 0 Å². The smallest absolute Gasteiger partial charge is 0.150 e. The van der Waals surface area contributed by atoms with Crippen LogP contribution < -0.4 is 0 Å². The van der Waals surface area contributed by atoms with E-state index in [4.69, 9.17) is 11.6 Å². The lowest BCUT2D eigenvalue weighted by molar-refractivity contribution is 1.13. The summed E-state index contributed by atoms with van der Waals surface area (Å²) in [5.41, 5.74) is 2.31. The van der Waals surface area contributed by atoms with Crippen molar-refractivity contribution >= 4 is 34.7 Å².